The highest BCUT2D eigenvalue weighted by molar-refractivity contribution is 6.42. The second-order valence-corrected chi connectivity index (χ2v) is 11.1. The number of aryl methyl sites for hydroxylation is 2. The topological polar surface area (TPSA) is 73.4 Å². The van der Waals surface area contributed by atoms with Gasteiger partial charge in [-0.05, 0) is 81.8 Å². The van der Waals surface area contributed by atoms with Crippen LogP contribution in [0.15, 0.2) is 40.9 Å². The Labute approximate surface area is 231 Å². The molecule has 1 atom stereocenters. The lowest BCUT2D eigenvalue weighted by atomic mass is 9.92. The highest BCUT2D eigenvalue weighted by Gasteiger charge is 2.38. The summed E-state index contributed by atoms with van der Waals surface area (Å²) in [7, 11) is 1.79. The number of nitrogens with zero attached hydrogens (tertiary/aromatic N) is 4. The van der Waals surface area contributed by atoms with Crippen LogP contribution in [0.3, 0.4) is 0 Å². The predicted octanol–water partition coefficient (Wildman–Crippen LogP) is 7.61. The molecule has 1 saturated heterocycles. The van der Waals surface area contributed by atoms with Gasteiger partial charge in [-0.15, -0.1) is 0 Å². The van der Waals surface area contributed by atoms with Crippen molar-refractivity contribution in [2.75, 3.05) is 12.0 Å². The molecule has 9 heteroatoms. The van der Waals surface area contributed by atoms with E-state index >= 15 is 0 Å². The van der Waals surface area contributed by atoms with E-state index in [1.165, 1.54) is 0 Å². The first-order valence-electron chi connectivity index (χ1n) is 13.1. The summed E-state index contributed by atoms with van der Waals surface area (Å²) in [6.45, 7) is 3.88. The van der Waals surface area contributed by atoms with Crippen LogP contribution in [0.1, 0.15) is 67.9 Å². The fraction of sp³-hybridized carbons (Fsp3) is 0.414. The predicted molar refractivity (Wildman–Crippen MR) is 149 cm³/mol. The van der Waals surface area contributed by atoms with Crippen LogP contribution in [-0.4, -0.2) is 33.8 Å². The molecule has 1 aliphatic heterocycles. The Hall–Kier alpha value is -2.87. The molecule has 0 bridgehead atoms. The molecule has 2 aliphatic rings. The molecule has 2 fully saturated rings. The molecule has 0 N–H and O–H groups in total. The van der Waals surface area contributed by atoms with Crippen LogP contribution >= 0.6 is 23.2 Å². The largest absolute Gasteiger partial charge is 0.381 e. The summed E-state index contributed by atoms with van der Waals surface area (Å²) in [4.78, 5) is 20.3. The Kier molecular flexibility index (Phi) is 6.70. The molecule has 2 aromatic heterocycles. The van der Waals surface area contributed by atoms with Gasteiger partial charge in [0.25, 0.3) is 0 Å². The maximum absolute atomic E-state index is 13.2. The minimum Gasteiger partial charge on any atom is -0.381 e. The molecule has 1 amide bonds. The lowest BCUT2D eigenvalue weighted by Gasteiger charge is -2.32. The maximum atomic E-state index is 13.2. The quantitative estimate of drug-likeness (QED) is 0.254. The van der Waals surface area contributed by atoms with Crippen molar-refractivity contribution >= 4 is 45.8 Å². The van der Waals surface area contributed by atoms with Crippen LogP contribution in [0, 0.1) is 13.8 Å². The van der Waals surface area contributed by atoms with E-state index in [0.29, 0.717) is 22.9 Å². The number of amides is 1. The number of rotatable bonds is 5. The van der Waals surface area contributed by atoms with Crippen molar-refractivity contribution in [3.8, 4) is 11.1 Å². The third kappa shape index (κ3) is 4.31. The summed E-state index contributed by atoms with van der Waals surface area (Å²) in [5.41, 5.74) is 5.59. The van der Waals surface area contributed by atoms with E-state index < -0.39 is 0 Å². The number of fused-ring (bicyclic) bond motifs is 1. The van der Waals surface area contributed by atoms with Gasteiger partial charge < -0.3 is 18.7 Å². The van der Waals surface area contributed by atoms with Crippen molar-refractivity contribution in [2.45, 2.75) is 70.6 Å². The molecule has 0 radical (unpaired) electrons. The molecular formula is C29H30Cl2N4O3. The smallest absolute Gasteiger partial charge is 0.227 e. The Bertz CT molecular complexity index is 1500. The van der Waals surface area contributed by atoms with E-state index in [0.717, 1.165) is 70.8 Å². The van der Waals surface area contributed by atoms with Crippen LogP contribution < -0.4 is 4.90 Å². The first-order chi connectivity index (χ1) is 18.4. The second-order valence-electron chi connectivity index (χ2n) is 10.3. The first-order valence-corrected chi connectivity index (χ1v) is 13.9. The number of hydrogen-bond acceptors (Lipinski definition) is 5. The number of imidazole rings is 1. The second kappa shape index (κ2) is 10.0. The summed E-state index contributed by atoms with van der Waals surface area (Å²) in [5, 5.41) is 5.03. The van der Waals surface area contributed by atoms with Gasteiger partial charge in [0.2, 0.25) is 5.91 Å². The molecule has 7 nitrogen and oxygen atoms in total. The average Bonchev–Trinajstić information content (AvgIpc) is 3.59. The number of carbonyl (C=O) groups is 1. The van der Waals surface area contributed by atoms with Gasteiger partial charge in [-0.25, -0.2) is 4.98 Å². The third-order valence-corrected chi connectivity index (χ3v) is 8.81. The van der Waals surface area contributed by atoms with Crippen molar-refractivity contribution in [1.29, 1.82) is 0 Å². The highest BCUT2D eigenvalue weighted by atomic mass is 35.5. The highest BCUT2D eigenvalue weighted by Crippen LogP contribution is 2.43. The SMILES string of the molecule is CO[C@H]1CC[C@H](n2c([C@@H]3CCC(=O)N3c3ccc(Cl)c(Cl)c3)nc3cc(-c4c(C)noc4C)ccc32)CC1. The van der Waals surface area contributed by atoms with Crippen LogP contribution in [-0.2, 0) is 9.53 Å². The molecule has 4 aromatic rings. The number of anilines is 1. The van der Waals surface area contributed by atoms with Crippen molar-refractivity contribution in [3.63, 3.8) is 0 Å². The summed E-state index contributed by atoms with van der Waals surface area (Å²) in [6.07, 6.45) is 5.42. The lowest BCUT2D eigenvalue weighted by molar-refractivity contribution is -0.117. The molecular weight excluding hydrogens is 523 g/mol. The Morgan fingerprint density at radius 3 is 2.47 bits per heavy atom. The van der Waals surface area contributed by atoms with E-state index in [1.54, 1.807) is 19.2 Å². The van der Waals surface area contributed by atoms with E-state index in [4.69, 9.17) is 37.4 Å². The van der Waals surface area contributed by atoms with Gasteiger partial charge in [0.15, 0.2) is 0 Å². The van der Waals surface area contributed by atoms with E-state index in [-0.39, 0.29) is 24.1 Å². The number of ether oxygens (including phenoxy) is 1. The van der Waals surface area contributed by atoms with E-state index in [9.17, 15) is 4.79 Å². The number of halogens is 2. The third-order valence-electron chi connectivity index (χ3n) is 8.07. The molecule has 0 unspecified atom stereocenters. The Balaban J connectivity index is 1.49. The summed E-state index contributed by atoms with van der Waals surface area (Å²) in [5.74, 6) is 1.76. The van der Waals surface area contributed by atoms with Crippen LogP contribution in [0.2, 0.25) is 10.0 Å². The van der Waals surface area contributed by atoms with Crippen molar-refractivity contribution < 1.29 is 14.1 Å². The Morgan fingerprint density at radius 1 is 1.00 bits per heavy atom. The monoisotopic (exact) mass is 552 g/mol. The lowest BCUT2D eigenvalue weighted by Crippen LogP contribution is -2.31. The number of methoxy groups -OCH3 is 1. The first kappa shape index (κ1) is 25.4. The zero-order chi connectivity index (χ0) is 26.6. The number of carbonyl (C=O) groups excluding carboxylic acids is 1. The number of benzene rings is 2. The minimum absolute atomic E-state index is 0.0616. The maximum Gasteiger partial charge on any atom is 0.227 e. The van der Waals surface area contributed by atoms with Gasteiger partial charge in [0, 0.05) is 30.8 Å². The number of aromatic nitrogens is 3. The average molecular weight is 553 g/mol. The van der Waals surface area contributed by atoms with Gasteiger partial charge in [0.05, 0.1) is 38.9 Å². The molecule has 6 rings (SSSR count). The van der Waals surface area contributed by atoms with E-state index in [2.05, 4.69) is 27.9 Å². The zero-order valence-electron chi connectivity index (χ0n) is 21.7. The van der Waals surface area contributed by atoms with Gasteiger partial charge in [-0.1, -0.05) is 34.4 Å². The van der Waals surface area contributed by atoms with E-state index in [1.807, 2.05) is 24.8 Å². The molecule has 198 valence electrons. The molecule has 2 aromatic carbocycles. The minimum atomic E-state index is -0.199. The fourth-order valence-corrected chi connectivity index (χ4v) is 6.51. The molecule has 38 heavy (non-hydrogen) atoms. The van der Waals surface area contributed by atoms with Gasteiger partial charge >= 0.3 is 0 Å². The normalized spacial score (nSPS) is 22.1. The fourth-order valence-electron chi connectivity index (χ4n) is 6.21. The summed E-state index contributed by atoms with van der Waals surface area (Å²) in [6, 6.07) is 11.8. The van der Waals surface area contributed by atoms with Crippen LogP contribution in [0.5, 0.6) is 0 Å². The van der Waals surface area contributed by atoms with Crippen LogP contribution in [0.25, 0.3) is 22.2 Å². The van der Waals surface area contributed by atoms with Crippen molar-refractivity contribution in [1.82, 2.24) is 14.7 Å². The molecule has 3 heterocycles. The zero-order valence-corrected chi connectivity index (χ0v) is 23.2. The van der Waals surface area contributed by atoms with Crippen molar-refractivity contribution in [3.05, 3.63) is 63.7 Å². The number of hydrogen-bond donors (Lipinski definition) is 0. The molecule has 1 saturated carbocycles. The van der Waals surface area contributed by atoms with Crippen molar-refractivity contribution in [2.24, 2.45) is 0 Å². The van der Waals surface area contributed by atoms with Gasteiger partial charge in [-0.2, -0.15) is 0 Å². The standard InChI is InChI=1S/C29H30Cl2N4O3/c1-16-28(17(2)38-33-16)18-4-11-25-24(14-18)32-29(35(25)19-5-8-21(37-3)9-6-19)26-12-13-27(36)34(26)20-7-10-22(30)23(31)15-20/h4,7,10-11,14-15,19,21,26H,5-6,8-9,12-13H2,1-3H3/t19-,21-,26-/m0/s1. The van der Waals surface area contributed by atoms with Crippen LogP contribution in [0.4, 0.5) is 5.69 Å². The van der Waals surface area contributed by atoms with Gasteiger partial charge in [-0.3, -0.25) is 4.79 Å². The summed E-state index contributed by atoms with van der Waals surface area (Å²) >= 11 is 12.5. The molecule has 0 spiro atoms. The summed E-state index contributed by atoms with van der Waals surface area (Å²) < 4.78 is 13.5. The van der Waals surface area contributed by atoms with Gasteiger partial charge in [0.1, 0.15) is 11.6 Å². The molecule has 1 aliphatic carbocycles. The Morgan fingerprint density at radius 2 is 1.79 bits per heavy atom.